The molecule has 0 radical (unpaired) electrons. The van der Waals surface area contributed by atoms with Crippen molar-refractivity contribution in [2.75, 3.05) is 5.43 Å². The van der Waals surface area contributed by atoms with Gasteiger partial charge in [0.25, 0.3) is 5.56 Å². The average molecular weight is 425 g/mol. The number of H-pyrrole nitrogens is 1. The van der Waals surface area contributed by atoms with Crippen LogP contribution in [0.25, 0.3) is 11.3 Å². The van der Waals surface area contributed by atoms with Crippen LogP contribution in [0.1, 0.15) is 16.7 Å². The topological polar surface area (TPSA) is 157 Å². The molecule has 0 saturated carbocycles. The van der Waals surface area contributed by atoms with Crippen LogP contribution in [0.5, 0.6) is 5.75 Å². The molecule has 0 bridgehead atoms. The lowest BCUT2D eigenvalue weighted by atomic mass is 10.1. The minimum absolute atomic E-state index is 0.0101. The fourth-order valence-corrected chi connectivity index (χ4v) is 2.87. The van der Waals surface area contributed by atoms with Crippen molar-refractivity contribution in [3.8, 4) is 23.1 Å². The molecule has 150 valence electrons. The first-order chi connectivity index (χ1) is 14.3. The summed E-state index contributed by atoms with van der Waals surface area (Å²) in [6, 6.07) is 11.8. The number of halogens is 1. The molecule has 0 amide bonds. The highest BCUT2D eigenvalue weighted by Gasteiger charge is 2.23. The predicted octanol–water partition coefficient (Wildman–Crippen LogP) is 3.33. The van der Waals surface area contributed by atoms with Gasteiger partial charge in [-0.2, -0.15) is 10.4 Å². The number of phenols is 1. The van der Waals surface area contributed by atoms with Crippen molar-refractivity contribution in [2.24, 2.45) is 5.10 Å². The molecule has 3 N–H and O–H groups in total. The highest BCUT2D eigenvalue weighted by molar-refractivity contribution is 6.32. The SMILES string of the molecule is Cc1c(Cl)cc(C=NNc2nc(-c3ccccc3)c(C#N)c(=O)[nH]2)c(O)c1[N+](=O)[O-]. The Morgan fingerprint density at radius 1 is 1.40 bits per heavy atom. The minimum atomic E-state index is -0.743. The van der Waals surface area contributed by atoms with Gasteiger partial charge in [-0.3, -0.25) is 19.9 Å². The number of nitro groups is 1. The van der Waals surface area contributed by atoms with Gasteiger partial charge in [-0.05, 0) is 13.0 Å². The molecule has 3 aromatic rings. The van der Waals surface area contributed by atoms with Crippen molar-refractivity contribution in [3.05, 3.63) is 78.6 Å². The quantitative estimate of drug-likeness (QED) is 0.322. The molecule has 30 heavy (non-hydrogen) atoms. The van der Waals surface area contributed by atoms with E-state index in [2.05, 4.69) is 20.5 Å². The number of phenolic OH excluding ortho intramolecular Hbond substituents is 1. The molecular formula is C19H13ClN6O4. The van der Waals surface area contributed by atoms with Gasteiger partial charge in [0, 0.05) is 16.7 Å². The van der Waals surface area contributed by atoms with E-state index in [0.29, 0.717) is 5.56 Å². The number of rotatable bonds is 5. The molecule has 0 aliphatic carbocycles. The summed E-state index contributed by atoms with van der Waals surface area (Å²) in [4.78, 5) is 29.2. The summed E-state index contributed by atoms with van der Waals surface area (Å²) in [7, 11) is 0. The fourth-order valence-electron chi connectivity index (χ4n) is 2.66. The van der Waals surface area contributed by atoms with Gasteiger partial charge in [0.2, 0.25) is 11.7 Å². The van der Waals surface area contributed by atoms with Crippen LogP contribution in [0, 0.1) is 28.4 Å². The molecule has 1 aromatic heterocycles. The van der Waals surface area contributed by atoms with Crippen molar-refractivity contribution in [3.63, 3.8) is 0 Å². The van der Waals surface area contributed by atoms with Crippen molar-refractivity contribution >= 4 is 29.5 Å². The number of nitrogens with zero attached hydrogens (tertiary/aromatic N) is 4. The van der Waals surface area contributed by atoms with Crippen molar-refractivity contribution in [2.45, 2.75) is 6.92 Å². The number of nitro benzene ring substituents is 1. The predicted molar refractivity (Wildman–Crippen MR) is 111 cm³/mol. The zero-order valence-corrected chi connectivity index (χ0v) is 16.1. The third-order valence-corrected chi connectivity index (χ3v) is 4.52. The van der Waals surface area contributed by atoms with Crippen molar-refractivity contribution < 1.29 is 10.0 Å². The summed E-state index contributed by atoms with van der Waals surface area (Å²) in [6.45, 7) is 1.41. The average Bonchev–Trinajstić information content (AvgIpc) is 2.72. The summed E-state index contributed by atoms with van der Waals surface area (Å²) in [5.74, 6) is -0.667. The monoisotopic (exact) mass is 424 g/mol. The number of anilines is 1. The van der Waals surface area contributed by atoms with E-state index in [9.17, 15) is 25.3 Å². The van der Waals surface area contributed by atoms with Gasteiger partial charge < -0.3 is 5.11 Å². The smallest absolute Gasteiger partial charge is 0.315 e. The second-order valence-corrected chi connectivity index (χ2v) is 6.42. The lowest BCUT2D eigenvalue weighted by molar-refractivity contribution is -0.386. The largest absolute Gasteiger partial charge is 0.502 e. The Kier molecular flexibility index (Phi) is 5.75. The van der Waals surface area contributed by atoms with Crippen LogP contribution in [0.2, 0.25) is 5.02 Å². The lowest BCUT2D eigenvalue weighted by Crippen LogP contribution is -2.16. The van der Waals surface area contributed by atoms with Gasteiger partial charge in [0.05, 0.1) is 21.9 Å². The summed E-state index contributed by atoms with van der Waals surface area (Å²) in [5.41, 5.74) is 1.96. The standard InChI is InChI=1S/C19H13ClN6O4/c1-10-14(20)7-12(17(27)16(10)26(29)30)9-22-25-19-23-15(11-5-3-2-4-6-11)13(8-21)18(28)24-19/h2-7,9,27H,1H3,(H2,23,24,25,28). The summed E-state index contributed by atoms with van der Waals surface area (Å²) in [6.07, 6.45) is 1.09. The van der Waals surface area contributed by atoms with Gasteiger partial charge >= 0.3 is 5.69 Å². The molecular weight excluding hydrogens is 412 g/mol. The van der Waals surface area contributed by atoms with E-state index in [1.807, 2.05) is 6.07 Å². The number of hydrogen-bond acceptors (Lipinski definition) is 8. The normalized spacial score (nSPS) is 10.7. The van der Waals surface area contributed by atoms with Crippen molar-refractivity contribution in [1.29, 1.82) is 5.26 Å². The Bertz CT molecular complexity index is 1260. The maximum atomic E-state index is 12.2. The number of aromatic nitrogens is 2. The zero-order chi connectivity index (χ0) is 21.8. The van der Waals surface area contributed by atoms with Crippen LogP contribution >= 0.6 is 11.6 Å². The van der Waals surface area contributed by atoms with Crippen LogP contribution in [-0.2, 0) is 0 Å². The van der Waals surface area contributed by atoms with Gasteiger partial charge in [-0.25, -0.2) is 10.4 Å². The molecule has 0 atom stereocenters. The van der Waals surface area contributed by atoms with Crippen LogP contribution in [0.3, 0.4) is 0 Å². The number of hydrazone groups is 1. The molecule has 1 heterocycles. The molecule has 10 nitrogen and oxygen atoms in total. The number of aromatic hydroxyl groups is 1. The van der Waals surface area contributed by atoms with Crippen LogP contribution in [-0.4, -0.2) is 26.2 Å². The third kappa shape index (κ3) is 3.96. The van der Waals surface area contributed by atoms with E-state index < -0.39 is 21.9 Å². The van der Waals surface area contributed by atoms with Crippen LogP contribution in [0.4, 0.5) is 11.6 Å². The van der Waals surface area contributed by atoms with Crippen LogP contribution in [0.15, 0.2) is 46.3 Å². The number of nitrogens with one attached hydrogen (secondary N) is 2. The number of nitriles is 1. The zero-order valence-electron chi connectivity index (χ0n) is 15.4. The van der Waals surface area contributed by atoms with E-state index in [-0.39, 0.29) is 33.4 Å². The molecule has 3 rings (SSSR count). The van der Waals surface area contributed by atoms with E-state index in [1.54, 1.807) is 30.3 Å². The molecule has 2 aromatic carbocycles. The first-order valence-corrected chi connectivity index (χ1v) is 8.76. The summed E-state index contributed by atoms with van der Waals surface area (Å²) >= 11 is 5.99. The molecule has 0 spiro atoms. The van der Waals surface area contributed by atoms with E-state index in [1.165, 1.54) is 13.0 Å². The Balaban J connectivity index is 1.97. The van der Waals surface area contributed by atoms with Crippen LogP contribution < -0.4 is 11.0 Å². The maximum absolute atomic E-state index is 12.2. The Morgan fingerprint density at radius 2 is 2.10 bits per heavy atom. The Hall–Kier alpha value is -4.23. The van der Waals surface area contributed by atoms with E-state index >= 15 is 0 Å². The van der Waals surface area contributed by atoms with E-state index in [4.69, 9.17) is 11.6 Å². The van der Waals surface area contributed by atoms with Gasteiger partial charge in [0.15, 0.2) is 0 Å². The summed E-state index contributed by atoms with van der Waals surface area (Å²) < 4.78 is 0. The van der Waals surface area contributed by atoms with Gasteiger partial charge in [-0.1, -0.05) is 41.9 Å². The fraction of sp³-hybridized carbons (Fsp3) is 0.0526. The lowest BCUT2D eigenvalue weighted by Gasteiger charge is -2.07. The highest BCUT2D eigenvalue weighted by atomic mass is 35.5. The second kappa shape index (κ2) is 8.42. The molecule has 11 heteroatoms. The highest BCUT2D eigenvalue weighted by Crippen LogP contribution is 2.36. The Morgan fingerprint density at radius 3 is 2.73 bits per heavy atom. The molecule has 0 aliphatic heterocycles. The second-order valence-electron chi connectivity index (χ2n) is 6.01. The molecule has 0 fully saturated rings. The molecule has 0 aliphatic rings. The van der Waals surface area contributed by atoms with Crippen molar-refractivity contribution in [1.82, 2.24) is 9.97 Å². The molecule has 0 saturated heterocycles. The summed E-state index contributed by atoms with van der Waals surface area (Å²) in [5, 5.41) is 34.5. The van der Waals surface area contributed by atoms with Gasteiger partial charge in [0.1, 0.15) is 11.6 Å². The molecule has 0 unspecified atom stereocenters. The maximum Gasteiger partial charge on any atom is 0.315 e. The number of benzene rings is 2. The number of hydrogen-bond donors (Lipinski definition) is 3. The minimum Gasteiger partial charge on any atom is -0.502 e. The third-order valence-electron chi connectivity index (χ3n) is 4.13. The number of aromatic amines is 1. The van der Waals surface area contributed by atoms with E-state index in [0.717, 1.165) is 6.21 Å². The Labute approximate surface area is 174 Å². The first kappa shape index (κ1) is 20.5. The van der Waals surface area contributed by atoms with Gasteiger partial charge in [-0.15, -0.1) is 0 Å². The first-order valence-electron chi connectivity index (χ1n) is 8.38.